The first-order valence-corrected chi connectivity index (χ1v) is 13.1. The second-order valence-electron chi connectivity index (χ2n) is 8.10. The molecule has 8 nitrogen and oxygen atoms in total. The maximum Gasteiger partial charge on any atom is 0.268 e. The molecule has 3 aromatic rings. The zero-order chi connectivity index (χ0) is 24.6. The second-order valence-corrected chi connectivity index (χ2v) is 11.2. The largest absolute Gasteiger partial charge is 0.478 e. The topological polar surface area (TPSA) is 106 Å². The van der Waals surface area contributed by atoms with Crippen LogP contribution in [0.4, 0.5) is 5.69 Å². The van der Waals surface area contributed by atoms with Crippen LogP contribution in [0, 0.1) is 20.8 Å². The van der Waals surface area contributed by atoms with E-state index in [4.69, 9.17) is 4.74 Å². The Morgan fingerprint density at radius 1 is 1.15 bits per heavy atom. The average molecular weight is 500 g/mol. The van der Waals surface area contributed by atoms with E-state index < -0.39 is 34.5 Å². The van der Waals surface area contributed by atoms with E-state index >= 15 is 0 Å². The number of aryl methyl sites for hydroxylation is 3. The third-order valence-electron chi connectivity index (χ3n) is 5.49. The third-order valence-corrected chi connectivity index (χ3v) is 7.76. The molecule has 1 atom stereocenters. The molecule has 0 saturated carbocycles. The highest BCUT2D eigenvalue weighted by atomic mass is 32.2. The van der Waals surface area contributed by atoms with Gasteiger partial charge in [0.05, 0.1) is 21.3 Å². The first-order chi connectivity index (χ1) is 16.1. The Morgan fingerprint density at radius 3 is 2.47 bits per heavy atom. The van der Waals surface area contributed by atoms with Crippen LogP contribution >= 0.6 is 11.3 Å². The number of nitrogens with one attached hydrogen (secondary N) is 1. The van der Waals surface area contributed by atoms with Gasteiger partial charge in [0.15, 0.2) is 6.10 Å². The number of sulfonamides is 1. The van der Waals surface area contributed by atoms with Crippen molar-refractivity contribution in [1.82, 2.24) is 9.71 Å². The molecule has 178 valence electrons. The van der Waals surface area contributed by atoms with E-state index in [1.54, 1.807) is 35.6 Å². The van der Waals surface area contributed by atoms with Crippen LogP contribution < -0.4 is 14.4 Å². The van der Waals surface area contributed by atoms with Gasteiger partial charge in [0.1, 0.15) is 12.3 Å². The number of anilines is 1. The smallest absolute Gasteiger partial charge is 0.268 e. The highest BCUT2D eigenvalue weighted by Crippen LogP contribution is 2.39. The van der Waals surface area contributed by atoms with Crippen LogP contribution in [0.2, 0.25) is 0 Å². The van der Waals surface area contributed by atoms with Crippen LogP contribution in [0.25, 0.3) is 11.3 Å². The van der Waals surface area contributed by atoms with Crippen LogP contribution in [0.15, 0.2) is 47.4 Å². The van der Waals surface area contributed by atoms with Crippen molar-refractivity contribution in [1.29, 1.82) is 0 Å². The lowest BCUT2D eigenvalue weighted by atomic mass is 10.1. The molecule has 2 amide bonds. The molecule has 0 spiro atoms. The molecule has 2 heterocycles. The number of benzene rings is 2. The summed E-state index contributed by atoms with van der Waals surface area (Å²) in [4.78, 5) is 32.8. The predicted molar refractivity (Wildman–Crippen MR) is 131 cm³/mol. The van der Waals surface area contributed by atoms with Crippen molar-refractivity contribution in [2.24, 2.45) is 0 Å². The number of fused-ring (bicyclic) bond motifs is 1. The average Bonchev–Trinajstić information content (AvgIpc) is 3.13. The van der Waals surface area contributed by atoms with Crippen molar-refractivity contribution in [3.05, 3.63) is 57.9 Å². The summed E-state index contributed by atoms with van der Waals surface area (Å²) in [6.45, 7) is 7.07. The molecule has 1 aromatic heterocycles. The summed E-state index contributed by atoms with van der Waals surface area (Å²) < 4.78 is 33.2. The molecule has 4 rings (SSSR count). The van der Waals surface area contributed by atoms with E-state index in [1.165, 1.54) is 17.0 Å². The number of carbonyl (C=O) groups excluding carboxylic acids is 2. The van der Waals surface area contributed by atoms with Crippen molar-refractivity contribution in [3.63, 3.8) is 0 Å². The Morgan fingerprint density at radius 2 is 1.85 bits per heavy atom. The maximum atomic E-state index is 13.1. The van der Waals surface area contributed by atoms with Crippen molar-refractivity contribution in [3.8, 4) is 17.0 Å². The number of amides is 2. The molecule has 10 heteroatoms. The van der Waals surface area contributed by atoms with Gasteiger partial charge < -0.3 is 4.74 Å². The number of thiazole rings is 1. The van der Waals surface area contributed by atoms with Gasteiger partial charge in [-0.25, -0.2) is 18.1 Å². The van der Waals surface area contributed by atoms with Gasteiger partial charge in [0.2, 0.25) is 0 Å². The summed E-state index contributed by atoms with van der Waals surface area (Å²) >= 11 is 1.57. The second kappa shape index (κ2) is 9.19. The molecule has 1 aliphatic rings. The van der Waals surface area contributed by atoms with E-state index in [1.807, 2.05) is 33.8 Å². The number of aromatic nitrogens is 1. The molecule has 1 unspecified atom stereocenters. The third kappa shape index (κ3) is 4.69. The molecule has 2 aromatic carbocycles. The zero-order valence-corrected chi connectivity index (χ0v) is 20.9. The number of ether oxygens (including phenoxy) is 1. The van der Waals surface area contributed by atoms with Gasteiger partial charge in [-0.1, -0.05) is 24.6 Å². The highest BCUT2D eigenvalue weighted by molar-refractivity contribution is 7.90. The molecule has 1 N–H and O–H groups in total. The molecular weight excluding hydrogens is 474 g/mol. The first-order valence-electron chi connectivity index (χ1n) is 10.8. The lowest BCUT2D eigenvalue weighted by Gasteiger charge is -2.34. The molecular formula is C24H25N3O5S2. The van der Waals surface area contributed by atoms with E-state index in [0.29, 0.717) is 17.9 Å². The van der Waals surface area contributed by atoms with Gasteiger partial charge in [0, 0.05) is 10.4 Å². The summed E-state index contributed by atoms with van der Waals surface area (Å²) in [6.07, 6.45) is -0.354. The predicted octanol–water partition coefficient (Wildman–Crippen LogP) is 3.74. The fourth-order valence-electron chi connectivity index (χ4n) is 3.79. The SMILES string of the molecule is CCC1Oc2ccc(-c3nc(C)sc3C)cc2N(CC(=O)NS(=O)(=O)c2ccc(C)cc2)C1=O. The molecule has 0 bridgehead atoms. The lowest BCUT2D eigenvalue weighted by molar-refractivity contribution is -0.128. The number of hydrogen-bond donors (Lipinski definition) is 1. The van der Waals surface area contributed by atoms with Crippen LogP contribution in [-0.2, 0) is 19.6 Å². The molecule has 34 heavy (non-hydrogen) atoms. The monoisotopic (exact) mass is 499 g/mol. The van der Waals surface area contributed by atoms with E-state index in [2.05, 4.69) is 9.71 Å². The number of carbonyl (C=O) groups is 2. The van der Waals surface area contributed by atoms with Gasteiger partial charge in [-0.3, -0.25) is 14.5 Å². The quantitative estimate of drug-likeness (QED) is 0.554. The minimum Gasteiger partial charge on any atom is -0.478 e. The minimum atomic E-state index is -4.07. The normalized spacial score (nSPS) is 15.6. The maximum absolute atomic E-state index is 13.1. The Kier molecular flexibility index (Phi) is 6.46. The minimum absolute atomic E-state index is 0.0248. The van der Waals surface area contributed by atoms with Crippen molar-refractivity contribution in [2.45, 2.75) is 45.1 Å². The summed E-state index contributed by atoms with van der Waals surface area (Å²) in [5.41, 5.74) is 2.87. The molecule has 0 fully saturated rings. The van der Waals surface area contributed by atoms with E-state index in [9.17, 15) is 18.0 Å². The van der Waals surface area contributed by atoms with Gasteiger partial charge in [-0.2, -0.15) is 0 Å². The van der Waals surface area contributed by atoms with Crippen molar-refractivity contribution in [2.75, 3.05) is 11.4 Å². The summed E-state index contributed by atoms with van der Waals surface area (Å²) in [7, 11) is -4.07. The molecule has 0 aliphatic carbocycles. The van der Waals surface area contributed by atoms with E-state index in [-0.39, 0.29) is 4.90 Å². The van der Waals surface area contributed by atoms with Crippen LogP contribution in [0.3, 0.4) is 0 Å². The van der Waals surface area contributed by atoms with Crippen LogP contribution in [0.1, 0.15) is 28.8 Å². The fourth-order valence-corrected chi connectivity index (χ4v) is 5.61. The van der Waals surface area contributed by atoms with Gasteiger partial charge >= 0.3 is 0 Å². The fraction of sp³-hybridized carbons (Fsp3) is 0.292. The van der Waals surface area contributed by atoms with Gasteiger partial charge in [0.25, 0.3) is 21.8 Å². The summed E-state index contributed by atoms with van der Waals surface area (Å²) in [5.74, 6) is -0.766. The standard InChI is InChI=1S/C24H25N3O5S2/c1-5-20-24(29)27(13-22(28)26-34(30,31)18-9-6-14(2)7-10-18)19-12-17(8-11-21(19)32-20)23-15(3)33-16(4)25-23/h6-12,20H,5,13H2,1-4H3,(H,26,28). The first kappa shape index (κ1) is 23.9. The van der Waals surface area contributed by atoms with Crippen LogP contribution in [-0.4, -0.2) is 37.9 Å². The van der Waals surface area contributed by atoms with Gasteiger partial charge in [-0.15, -0.1) is 11.3 Å². The Hall–Kier alpha value is -3.24. The number of hydrogen-bond acceptors (Lipinski definition) is 7. The molecule has 0 saturated heterocycles. The number of nitrogens with zero attached hydrogens (tertiary/aromatic N) is 2. The Balaban J connectivity index is 1.65. The molecule has 0 radical (unpaired) electrons. The molecule has 1 aliphatic heterocycles. The van der Waals surface area contributed by atoms with Crippen molar-refractivity contribution < 1.29 is 22.7 Å². The van der Waals surface area contributed by atoms with E-state index in [0.717, 1.165) is 26.7 Å². The van der Waals surface area contributed by atoms with Crippen molar-refractivity contribution >= 4 is 38.9 Å². The summed E-state index contributed by atoms with van der Waals surface area (Å²) in [6, 6.07) is 11.5. The zero-order valence-electron chi connectivity index (χ0n) is 19.3. The number of rotatable bonds is 6. The van der Waals surface area contributed by atoms with Gasteiger partial charge in [-0.05, 0) is 57.5 Å². The lowest BCUT2D eigenvalue weighted by Crippen LogP contribution is -2.50. The Bertz CT molecular complexity index is 1360. The summed E-state index contributed by atoms with van der Waals surface area (Å²) in [5, 5.41) is 0.918. The van der Waals surface area contributed by atoms with Crippen LogP contribution in [0.5, 0.6) is 5.75 Å². The highest BCUT2D eigenvalue weighted by Gasteiger charge is 2.35. The Labute approximate surface area is 202 Å².